The zero-order valence-corrected chi connectivity index (χ0v) is 29.3. The summed E-state index contributed by atoms with van der Waals surface area (Å²) >= 11 is 1.56. The van der Waals surface area contributed by atoms with Gasteiger partial charge in [0, 0.05) is 40.5 Å². The zero-order chi connectivity index (χ0) is 34.8. The van der Waals surface area contributed by atoms with Gasteiger partial charge in [-0.15, -0.1) is 16.8 Å². The van der Waals surface area contributed by atoms with Crippen molar-refractivity contribution in [2.45, 2.75) is 61.9 Å². The van der Waals surface area contributed by atoms with Crippen molar-refractivity contribution in [2.75, 3.05) is 47.4 Å². The molecule has 0 spiro atoms. The summed E-state index contributed by atoms with van der Waals surface area (Å²) in [7, 11) is 6.34. The molecule has 262 valence electrons. The van der Waals surface area contributed by atoms with Gasteiger partial charge in [-0.1, -0.05) is 31.2 Å². The predicted molar refractivity (Wildman–Crippen MR) is 184 cm³/mol. The Balaban J connectivity index is 1.36. The molecule has 11 heteroatoms. The third-order valence-electron chi connectivity index (χ3n) is 8.94. The number of hydroxylamine groups is 2. The van der Waals surface area contributed by atoms with Gasteiger partial charge in [0.25, 0.3) is 5.91 Å². The van der Waals surface area contributed by atoms with E-state index in [0.29, 0.717) is 59.2 Å². The highest BCUT2D eigenvalue weighted by Gasteiger charge is 2.31. The van der Waals surface area contributed by atoms with Crippen molar-refractivity contribution >= 4 is 17.7 Å². The lowest BCUT2D eigenvalue weighted by molar-refractivity contribution is -0.157. The monoisotopic (exact) mass is 693 g/mol. The van der Waals surface area contributed by atoms with Gasteiger partial charge in [0.05, 0.1) is 47.8 Å². The van der Waals surface area contributed by atoms with Crippen molar-refractivity contribution in [3.8, 4) is 40.7 Å². The van der Waals surface area contributed by atoms with Crippen LogP contribution in [0.25, 0.3) is 0 Å². The molecule has 0 aromatic heterocycles. The van der Waals surface area contributed by atoms with Gasteiger partial charge in [-0.05, 0) is 72.9 Å². The highest BCUT2D eigenvalue weighted by atomic mass is 32.2. The molecule has 2 aliphatic rings. The Labute approximate surface area is 291 Å². The van der Waals surface area contributed by atoms with Crippen molar-refractivity contribution < 1.29 is 42.8 Å². The standard InChI is InChI=1S/C38H44FNO8S/c1-43-33-20-27(29-23-32(48-24-29)28-21-34(44-2)37(46-4)35(22-28)45-3)19-26(11-8-16-40(42)38(41)25-9-6-5-7-10-25)36(33)47-17-18-49-31-14-12-30(39)13-15-31/h12-15,19-22,25,29,32,42H,5-7,9-11,17-18,23-24H2,1-4H3. The fourth-order valence-corrected chi connectivity index (χ4v) is 7.10. The Hall–Kier alpha value is -4.11. The quantitative estimate of drug-likeness (QED) is 0.0486. The molecule has 1 saturated carbocycles. The lowest BCUT2D eigenvalue weighted by Gasteiger charge is -2.21. The molecule has 0 bridgehead atoms. The summed E-state index contributed by atoms with van der Waals surface area (Å²) in [6.45, 7) is 0.838. The maximum atomic E-state index is 13.3. The number of benzene rings is 3. The van der Waals surface area contributed by atoms with Gasteiger partial charge >= 0.3 is 0 Å². The predicted octanol–water partition coefficient (Wildman–Crippen LogP) is 7.58. The third kappa shape index (κ3) is 9.12. The van der Waals surface area contributed by atoms with Crippen LogP contribution >= 0.6 is 11.8 Å². The first-order valence-corrected chi connectivity index (χ1v) is 17.5. The van der Waals surface area contributed by atoms with E-state index in [2.05, 4.69) is 12.0 Å². The van der Waals surface area contributed by atoms with Crippen molar-refractivity contribution in [3.63, 3.8) is 0 Å². The van der Waals surface area contributed by atoms with Gasteiger partial charge < -0.3 is 28.4 Å². The topological polar surface area (TPSA) is 95.9 Å². The first kappa shape index (κ1) is 36.2. The maximum absolute atomic E-state index is 13.3. The van der Waals surface area contributed by atoms with Crippen molar-refractivity contribution in [3.05, 3.63) is 71.0 Å². The van der Waals surface area contributed by atoms with Crippen LogP contribution in [0.15, 0.2) is 53.4 Å². The Morgan fingerprint density at radius 2 is 1.57 bits per heavy atom. The second-order valence-electron chi connectivity index (χ2n) is 12.0. The van der Waals surface area contributed by atoms with Crippen LogP contribution in [0, 0.1) is 23.7 Å². The molecule has 1 aliphatic heterocycles. The van der Waals surface area contributed by atoms with Gasteiger partial charge in [-0.25, -0.2) is 4.39 Å². The van der Waals surface area contributed by atoms with E-state index in [1.807, 2.05) is 24.3 Å². The van der Waals surface area contributed by atoms with Crippen LogP contribution in [-0.4, -0.2) is 63.6 Å². The first-order valence-electron chi connectivity index (χ1n) is 16.5. The van der Waals surface area contributed by atoms with Gasteiger partial charge in [0.15, 0.2) is 23.0 Å². The highest BCUT2D eigenvalue weighted by Crippen LogP contribution is 2.46. The average Bonchev–Trinajstić information content (AvgIpc) is 3.64. The number of hydrogen-bond donors (Lipinski definition) is 1. The molecule has 1 saturated heterocycles. The van der Waals surface area contributed by atoms with Crippen LogP contribution in [0.2, 0.25) is 0 Å². The van der Waals surface area contributed by atoms with E-state index in [1.54, 1.807) is 52.3 Å². The first-order chi connectivity index (χ1) is 23.8. The van der Waals surface area contributed by atoms with E-state index in [0.717, 1.165) is 53.7 Å². The Morgan fingerprint density at radius 3 is 2.22 bits per heavy atom. The molecule has 5 rings (SSSR count). The molecule has 1 amide bonds. The van der Waals surface area contributed by atoms with Gasteiger partial charge in [0.1, 0.15) is 5.82 Å². The summed E-state index contributed by atoms with van der Waals surface area (Å²) in [6.07, 6.45) is 5.31. The van der Waals surface area contributed by atoms with Gasteiger partial charge in [-0.3, -0.25) is 10.0 Å². The molecule has 0 radical (unpaired) electrons. The second kappa shape index (κ2) is 17.5. The number of rotatable bonds is 13. The van der Waals surface area contributed by atoms with Gasteiger partial charge in [0.2, 0.25) is 5.75 Å². The number of hydrogen-bond acceptors (Lipinski definition) is 9. The van der Waals surface area contributed by atoms with Gasteiger partial charge in [-0.2, -0.15) is 0 Å². The number of ether oxygens (including phenoxy) is 6. The fraction of sp³-hybridized carbons (Fsp3) is 0.447. The van der Waals surface area contributed by atoms with E-state index in [4.69, 9.17) is 28.4 Å². The molecule has 1 N–H and O–H groups in total. The number of nitrogens with zero attached hydrogens (tertiary/aromatic N) is 1. The number of carbonyl (C=O) groups excluding carboxylic acids is 1. The van der Waals surface area contributed by atoms with E-state index in [9.17, 15) is 14.4 Å². The molecule has 49 heavy (non-hydrogen) atoms. The second-order valence-corrected chi connectivity index (χ2v) is 13.2. The largest absolute Gasteiger partial charge is 0.493 e. The third-order valence-corrected chi connectivity index (χ3v) is 9.92. The molecular formula is C38H44FNO8S. The Kier molecular flexibility index (Phi) is 12.9. The van der Waals surface area contributed by atoms with Crippen LogP contribution < -0.4 is 23.7 Å². The number of methoxy groups -OCH3 is 4. The lowest BCUT2D eigenvalue weighted by atomic mass is 9.88. The molecule has 2 atom stereocenters. The molecule has 9 nitrogen and oxygen atoms in total. The van der Waals surface area contributed by atoms with E-state index < -0.39 is 0 Å². The Bertz CT molecular complexity index is 1610. The minimum Gasteiger partial charge on any atom is -0.493 e. The summed E-state index contributed by atoms with van der Waals surface area (Å²) in [5.41, 5.74) is 2.68. The van der Waals surface area contributed by atoms with Crippen LogP contribution in [-0.2, 0) is 16.0 Å². The summed E-state index contributed by atoms with van der Waals surface area (Å²) in [4.78, 5) is 13.7. The number of halogens is 1. The van der Waals surface area contributed by atoms with Crippen LogP contribution in [0.1, 0.15) is 67.2 Å². The highest BCUT2D eigenvalue weighted by molar-refractivity contribution is 7.99. The summed E-state index contributed by atoms with van der Waals surface area (Å²) in [6, 6.07) is 16.8. The molecule has 2 fully saturated rings. The Morgan fingerprint density at radius 1 is 0.918 bits per heavy atom. The smallest absolute Gasteiger partial charge is 0.261 e. The van der Waals surface area contributed by atoms with Crippen molar-refractivity contribution in [1.29, 1.82) is 0 Å². The van der Waals surface area contributed by atoms with Crippen LogP contribution in [0.4, 0.5) is 4.39 Å². The maximum Gasteiger partial charge on any atom is 0.261 e. The molecule has 3 aromatic carbocycles. The van der Waals surface area contributed by atoms with E-state index in [1.165, 1.54) is 12.1 Å². The molecular weight excluding hydrogens is 649 g/mol. The van der Waals surface area contributed by atoms with Crippen molar-refractivity contribution in [1.82, 2.24) is 5.06 Å². The van der Waals surface area contributed by atoms with E-state index in [-0.39, 0.29) is 36.1 Å². The SMILES string of the molecule is COc1cc(C2COC(c3cc(OC)c(OC)c(OC)c3)C2)cc(CC#CN(O)C(=O)C2CCCCC2)c1OCCSc1ccc(F)cc1. The van der Waals surface area contributed by atoms with Crippen molar-refractivity contribution in [2.24, 2.45) is 5.92 Å². The molecule has 1 aliphatic carbocycles. The molecule has 1 heterocycles. The number of thioether (sulfide) groups is 1. The summed E-state index contributed by atoms with van der Waals surface area (Å²) < 4.78 is 48.4. The summed E-state index contributed by atoms with van der Waals surface area (Å²) in [5, 5.41) is 11.0. The normalized spacial score (nSPS) is 17.5. The molecule has 3 aromatic rings. The minimum absolute atomic E-state index is 0.0370. The average molecular weight is 694 g/mol. The van der Waals surface area contributed by atoms with Crippen LogP contribution in [0.3, 0.4) is 0 Å². The number of amides is 1. The lowest BCUT2D eigenvalue weighted by Crippen LogP contribution is -2.31. The summed E-state index contributed by atoms with van der Waals surface area (Å²) in [5.74, 6) is 5.55. The fourth-order valence-electron chi connectivity index (χ4n) is 6.37. The number of carbonyl (C=O) groups is 1. The minimum atomic E-state index is -0.353. The van der Waals surface area contributed by atoms with E-state index >= 15 is 0 Å². The zero-order valence-electron chi connectivity index (χ0n) is 28.5. The van der Waals surface area contributed by atoms with Crippen LogP contribution in [0.5, 0.6) is 28.7 Å². The molecule has 2 unspecified atom stereocenters.